The number of amides is 1. The highest BCUT2D eigenvalue weighted by molar-refractivity contribution is 7.83. The first kappa shape index (κ1) is 13.2. The lowest BCUT2D eigenvalue weighted by atomic mass is 10.2. The summed E-state index contributed by atoms with van der Waals surface area (Å²) in [5.41, 5.74) is 1.69. The summed E-state index contributed by atoms with van der Waals surface area (Å²) in [7, 11) is -0.877. The van der Waals surface area contributed by atoms with E-state index in [0.717, 1.165) is 24.1 Å². The fraction of sp³-hybridized carbons (Fsp3) is 0.462. The molecule has 1 aliphatic heterocycles. The van der Waals surface area contributed by atoms with Crippen molar-refractivity contribution in [3.05, 3.63) is 29.8 Å². The second-order valence-electron chi connectivity index (χ2n) is 4.41. The molecule has 1 heterocycles. The quantitative estimate of drug-likeness (QED) is 0.903. The Kier molecular flexibility index (Phi) is 4.49. The Hall–Kier alpha value is -1.20. The van der Waals surface area contributed by atoms with E-state index in [-0.39, 0.29) is 12.0 Å². The van der Waals surface area contributed by atoms with Gasteiger partial charge in [0.05, 0.1) is 0 Å². The summed E-state index contributed by atoms with van der Waals surface area (Å²) < 4.78 is 16.5. The largest absolute Gasteiger partial charge is 0.368 e. The molecule has 1 aromatic rings. The summed E-state index contributed by atoms with van der Waals surface area (Å²) in [6, 6.07) is 7.44. The smallest absolute Gasteiger partial charge is 0.253 e. The minimum atomic E-state index is -0.877. The zero-order valence-corrected chi connectivity index (χ0v) is 11.2. The van der Waals surface area contributed by atoms with Crippen LogP contribution in [0.15, 0.2) is 24.3 Å². The molecule has 1 saturated heterocycles. The van der Waals surface area contributed by atoms with Crippen LogP contribution in [0.2, 0.25) is 0 Å². The van der Waals surface area contributed by atoms with Gasteiger partial charge in [-0.05, 0) is 30.5 Å². The third kappa shape index (κ3) is 3.65. The van der Waals surface area contributed by atoms with Gasteiger partial charge >= 0.3 is 0 Å². The average molecular weight is 267 g/mol. The highest BCUT2D eigenvalue weighted by Gasteiger charge is 2.23. The minimum absolute atomic E-state index is 0.0951. The number of hydrogen-bond donors (Lipinski definition) is 1. The van der Waals surface area contributed by atoms with Gasteiger partial charge in [-0.3, -0.25) is 9.00 Å². The van der Waals surface area contributed by atoms with Gasteiger partial charge in [0.2, 0.25) is 0 Å². The van der Waals surface area contributed by atoms with Gasteiger partial charge < -0.3 is 10.1 Å². The van der Waals surface area contributed by atoms with E-state index in [4.69, 9.17) is 4.74 Å². The van der Waals surface area contributed by atoms with E-state index in [2.05, 4.69) is 5.32 Å². The van der Waals surface area contributed by atoms with E-state index < -0.39 is 10.8 Å². The Morgan fingerprint density at radius 3 is 3.06 bits per heavy atom. The fourth-order valence-electron chi connectivity index (χ4n) is 1.98. The lowest BCUT2D eigenvalue weighted by Gasteiger charge is -2.11. The number of anilines is 1. The van der Waals surface area contributed by atoms with Gasteiger partial charge in [0.15, 0.2) is 0 Å². The number of rotatable bonds is 4. The van der Waals surface area contributed by atoms with Crippen molar-refractivity contribution in [2.45, 2.75) is 24.7 Å². The lowest BCUT2D eigenvalue weighted by Crippen LogP contribution is -2.26. The van der Waals surface area contributed by atoms with Crippen LogP contribution in [0.25, 0.3) is 0 Å². The Balaban J connectivity index is 2.00. The summed E-state index contributed by atoms with van der Waals surface area (Å²) in [5, 5.41) is 2.83. The van der Waals surface area contributed by atoms with Gasteiger partial charge in [0.1, 0.15) is 6.10 Å². The molecule has 0 aliphatic carbocycles. The van der Waals surface area contributed by atoms with Crippen molar-refractivity contribution in [3.63, 3.8) is 0 Å². The van der Waals surface area contributed by atoms with E-state index in [1.165, 1.54) is 0 Å². The van der Waals surface area contributed by atoms with E-state index in [9.17, 15) is 9.00 Å². The second kappa shape index (κ2) is 6.11. The van der Waals surface area contributed by atoms with Gasteiger partial charge in [-0.1, -0.05) is 12.1 Å². The van der Waals surface area contributed by atoms with Crippen molar-refractivity contribution in [2.75, 3.05) is 18.2 Å². The molecule has 0 bridgehead atoms. The molecular weight excluding hydrogens is 250 g/mol. The summed E-state index contributed by atoms with van der Waals surface area (Å²) in [5.74, 6) is 0.408. The summed E-state index contributed by atoms with van der Waals surface area (Å²) in [6.45, 7) is 0.660. The first-order valence-electron chi connectivity index (χ1n) is 5.96. The van der Waals surface area contributed by atoms with E-state index in [1.807, 2.05) is 24.3 Å². The number of benzene rings is 1. The summed E-state index contributed by atoms with van der Waals surface area (Å²) in [4.78, 5) is 11.9. The van der Waals surface area contributed by atoms with Crippen molar-refractivity contribution < 1.29 is 13.7 Å². The fourth-order valence-corrected chi connectivity index (χ4v) is 2.63. The van der Waals surface area contributed by atoms with Gasteiger partial charge in [-0.2, -0.15) is 0 Å². The molecule has 98 valence electrons. The lowest BCUT2D eigenvalue weighted by molar-refractivity contribution is -0.124. The molecule has 18 heavy (non-hydrogen) atoms. The molecule has 2 atom stereocenters. The van der Waals surface area contributed by atoms with Crippen molar-refractivity contribution in [1.82, 2.24) is 0 Å². The molecule has 5 heteroatoms. The molecule has 0 spiro atoms. The van der Waals surface area contributed by atoms with Crippen molar-refractivity contribution >= 4 is 22.4 Å². The SMILES string of the molecule is CS(=O)Cc1cccc(NC(=O)C2CCCO2)c1. The highest BCUT2D eigenvalue weighted by Crippen LogP contribution is 2.16. The molecule has 1 amide bonds. The number of nitrogens with one attached hydrogen (secondary N) is 1. The molecule has 2 unspecified atom stereocenters. The van der Waals surface area contributed by atoms with Crippen molar-refractivity contribution in [3.8, 4) is 0 Å². The standard InChI is InChI=1S/C13H17NO3S/c1-18(16)9-10-4-2-5-11(8-10)14-13(15)12-6-3-7-17-12/h2,4-5,8,12H,3,6-7,9H2,1H3,(H,14,15). The number of carbonyl (C=O) groups excluding carboxylic acids is 1. The third-order valence-corrected chi connectivity index (χ3v) is 3.53. The molecule has 2 rings (SSSR count). The molecule has 0 radical (unpaired) electrons. The Morgan fingerprint density at radius 1 is 1.56 bits per heavy atom. The van der Waals surface area contributed by atoms with Crippen LogP contribution in [-0.2, 0) is 26.1 Å². The summed E-state index contributed by atoms with van der Waals surface area (Å²) in [6.07, 6.45) is 3.06. The number of carbonyl (C=O) groups is 1. The number of ether oxygens (including phenoxy) is 1. The van der Waals surface area contributed by atoms with Gasteiger partial charge in [0.25, 0.3) is 5.91 Å². The van der Waals surface area contributed by atoms with Crippen LogP contribution in [0.4, 0.5) is 5.69 Å². The first-order valence-corrected chi connectivity index (χ1v) is 7.69. The second-order valence-corrected chi connectivity index (χ2v) is 5.84. The molecule has 4 nitrogen and oxygen atoms in total. The Bertz CT molecular complexity index is 455. The maximum absolute atomic E-state index is 11.9. The van der Waals surface area contributed by atoms with Gasteiger partial charge in [0, 0.05) is 35.1 Å². The van der Waals surface area contributed by atoms with E-state index in [0.29, 0.717) is 12.4 Å². The third-order valence-electron chi connectivity index (χ3n) is 2.79. The maximum atomic E-state index is 11.9. The van der Waals surface area contributed by atoms with Crippen LogP contribution < -0.4 is 5.32 Å². The Labute approximate surface area is 109 Å². The monoisotopic (exact) mass is 267 g/mol. The molecule has 0 aromatic heterocycles. The van der Waals surface area contributed by atoms with Gasteiger partial charge in [-0.25, -0.2) is 0 Å². The summed E-state index contributed by atoms with van der Waals surface area (Å²) >= 11 is 0. The first-order chi connectivity index (χ1) is 8.65. The normalized spacial score (nSPS) is 20.6. The topological polar surface area (TPSA) is 55.4 Å². The zero-order valence-electron chi connectivity index (χ0n) is 10.3. The van der Waals surface area contributed by atoms with Crippen LogP contribution >= 0.6 is 0 Å². The number of hydrogen-bond acceptors (Lipinski definition) is 3. The van der Waals surface area contributed by atoms with Crippen LogP contribution in [0.3, 0.4) is 0 Å². The van der Waals surface area contributed by atoms with Crippen molar-refractivity contribution in [1.29, 1.82) is 0 Å². The average Bonchev–Trinajstić information content (AvgIpc) is 2.81. The van der Waals surface area contributed by atoms with Gasteiger partial charge in [-0.15, -0.1) is 0 Å². The molecule has 1 aromatic carbocycles. The molecule has 1 aliphatic rings. The van der Waals surface area contributed by atoms with Crippen LogP contribution in [0.5, 0.6) is 0 Å². The zero-order chi connectivity index (χ0) is 13.0. The highest BCUT2D eigenvalue weighted by atomic mass is 32.2. The maximum Gasteiger partial charge on any atom is 0.253 e. The van der Waals surface area contributed by atoms with Crippen LogP contribution in [0, 0.1) is 0 Å². The predicted octanol–water partition coefficient (Wildman–Crippen LogP) is 1.68. The predicted molar refractivity (Wildman–Crippen MR) is 71.8 cm³/mol. The minimum Gasteiger partial charge on any atom is -0.368 e. The molecule has 0 saturated carbocycles. The van der Waals surface area contributed by atoms with Crippen LogP contribution in [0.1, 0.15) is 18.4 Å². The molecule has 1 N–H and O–H groups in total. The molecular formula is C13H17NO3S. The van der Waals surface area contributed by atoms with Crippen molar-refractivity contribution in [2.24, 2.45) is 0 Å². The molecule has 1 fully saturated rings. The van der Waals surface area contributed by atoms with Crippen LogP contribution in [-0.4, -0.2) is 29.1 Å². The van der Waals surface area contributed by atoms with E-state index in [1.54, 1.807) is 6.26 Å². The Morgan fingerprint density at radius 2 is 2.39 bits per heavy atom. The van der Waals surface area contributed by atoms with E-state index >= 15 is 0 Å².